The molecule has 0 saturated carbocycles. The first kappa shape index (κ1) is 12.9. The lowest BCUT2D eigenvalue weighted by atomic mass is 10.1. The molecule has 104 valence electrons. The summed E-state index contributed by atoms with van der Waals surface area (Å²) in [7, 11) is 1.83. The number of hydrogen-bond acceptors (Lipinski definition) is 4. The summed E-state index contributed by atoms with van der Waals surface area (Å²) in [6.45, 7) is 8.49. The predicted octanol–water partition coefficient (Wildman–Crippen LogP) is 0.532. The lowest BCUT2D eigenvalue weighted by Crippen LogP contribution is -2.57. The minimum Gasteiger partial charge on any atom is -0.380 e. The zero-order valence-corrected chi connectivity index (χ0v) is 11.8. The topological polar surface area (TPSA) is 27.7 Å². The molecule has 0 aliphatic carbocycles. The van der Waals surface area contributed by atoms with Gasteiger partial charge in [-0.25, -0.2) is 0 Å². The average Bonchev–Trinajstić information content (AvgIpc) is 2.98. The van der Waals surface area contributed by atoms with Crippen molar-refractivity contribution in [2.24, 2.45) is 0 Å². The molecule has 4 nitrogen and oxygen atoms in total. The van der Waals surface area contributed by atoms with Crippen molar-refractivity contribution < 1.29 is 4.74 Å². The molecule has 0 bridgehead atoms. The van der Waals surface area contributed by atoms with Gasteiger partial charge in [0.2, 0.25) is 0 Å². The second-order valence-electron chi connectivity index (χ2n) is 6.29. The number of nitrogens with one attached hydrogen (secondary N) is 1. The van der Waals surface area contributed by atoms with Crippen LogP contribution in [0.4, 0.5) is 0 Å². The van der Waals surface area contributed by atoms with Crippen LogP contribution in [-0.2, 0) is 4.74 Å². The Labute approximate surface area is 111 Å². The molecule has 4 unspecified atom stereocenters. The number of piperazine rings is 1. The van der Waals surface area contributed by atoms with Gasteiger partial charge in [0.15, 0.2) is 0 Å². The Bertz CT molecular complexity index is 286. The van der Waals surface area contributed by atoms with Crippen molar-refractivity contribution in [3.8, 4) is 0 Å². The van der Waals surface area contributed by atoms with Crippen LogP contribution in [0.5, 0.6) is 0 Å². The quantitative estimate of drug-likeness (QED) is 0.794. The summed E-state index contributed by atoms with van der Waals surface area (Å²) in [5.74, 6) is 0. The van der Waals surface area contributed by atoms with Crippen LogP contribution < -0.4 is 5.32 Å². The fourth-order valence-electron chi connectivity index (χ4n) is 3.89. The number of methoxy groups -OCH3 is 1. The Morgan fingerprint density at radius 1 is 1.33 bits per heavy atom. The summed E-state index contributed by atoms with van der Waals surface area (Å²) >= 11 is 0. The molecule has 3 heterocycles. The van der Waals surface area contributed by atoms with Crippen LogP contribution in [-0.4, -0.2) is 73.9 Å². The molecule has 0 aromatic rings. The third-order valence-corrected chi connectivity index (χ3v) is 5.04. The average molecular weight is 253 g/mol. The summed E-state index contributed by atoms with van der Waals surface area (Å²) in [4.78, 5) is 5.39. The van der Waals surface area contributed by atoms with Crippen LogP contribution in [0.1, 0.15) is 26.2 Å². The number of fused-ring (bicyclic) bond motifs is 1. The van der Waals surface area contributed by atoms with E-state index in [0.29, 0.717) is 18.2 Å². The molecule has 0 aromatic heterocycles. The highest BCUT2D eigenvalue weighted by Crippen LogP contribution is 2.25. The van der Waals surface area contributed by atoms with Crippen molar-refractivity contribution in [3.63, 3.8) is 0 Å². The van der Waals surface area contributed by atoms with E-state index in [-0.39, 0.29) is 0 Å². The van der Waals surface area contributed by atoms with Crippen LogP contribution in [0.25, 0.3) is 0 Å². The van der Waals surface area contributed by atoms with Gasteiger partial charge in [0.25, 0.3) is 0 Å². The largest absolute Gasteiger partial charge is 0.380 e. The second-order valence-corrected chi connectivity index (χ2v) is 6.29. The van der Waals surface area contributed by atoms with Gasteiger partial charge >= 0.3 is 0 Å². The zero-order chi connectivity index (χ0) is 12.5. The van der Waals surface area contributed by atoms with Gasteiger partial charge in [-0.2, -0.15) is 0 Å². The zero-order valence-electron chi connectivity index (χ0n) is 11.8. The molecule has 3 aliphatic heterocycles. The van der Waals surface area contributed by atoms with E-state index in [2.05, 4.69) is 22.0 Å². The number of hydrogen-bond donors (Lipinski definition) is 1. The van der Waals surface area contributed by atoms with Crippen molar-refractivity contribution in [2.75, 3.05) is 39.8 Å². The van der Waals surface area contributed by atoms with Crippen molar-refractivity contribution >= 4 is 0 Å². The molecule has 0 aromatic carbocycles. The number of rotatable bonds is 3. The maximum atomic E-state index is 5.44. The monoisotopic (exact) mass is 253 g/mol. The fraction of sp³-hybridized carbons (Fsp3) is 1.00. The van der Waals surface area contributed by atoms with Crippen LogP contribution in [0.2, 0.25) is 0 Å². The van der Waals surface area contributed by atoms with Gasteiger partial charge in [-0.05, 0) is 32.7 Å². The first-order valence-corrected chi connectivity index (χ1v) is 7.50. The summed E-state index contributed by atoms with van der Waals surface area (Å²) in [5.41, 5.74) is 0. The first-order valence-electron chi connectivity index (χ1n) is 7.50. The SMILES string of the molecule is COC1CNC(CN2CC3CCCN3CC2C)C1. The Balaban J connectivity index is 1.53. The van der Waals surface area contributed by atoms with Gasteiger partial charge in [0.1, 0.15) is 0 Å². The highest BCUT2D eigenvalue weighted by Gasteiger charge is 2.36. The second kappa shape index (κ2) is 5.45. The molecule has 4 atom stereocenters. The van der Waals surface area contributed by atoms with Crippen molar-refractivity contribution in [1.82, 2.24) is 15.1 Å². The molecule has 3 fully saturated rings. The molecule has 4 heteroatoms. The third-order valence-electron chi connectivity index (χ3n) is 5.04. The lowest BCUT2D eigenvalue weighted by molar-refractivity contribution is 0.0519. The van der Waals surface area contributed by atoms with E-state index < -0.39 is 0 Å². The maximum absolute atomic E-state index is 5.44. The predicted molar refractivity (Wildman–Crippen MR) is 72.8 cm³/mol. The van der Waals surface area contributed by atoms with E-state index in [1.165, 1.54) is 45.4 Å². The smallest absolute Gasteiger partial charge is 0.0711 e. The van der Waals surface area contributed by atoms with E-state index in [1.54, 1.807) is 0 Å². The van der Waals surface area contributed by atoms with Crippen molar-refractivity contribution in [3.05, 3.63) is 0 Å². The van der Waals surface area contributed by atoms with Crippen LogP contribution in [0, 0.1) is 0 Å². The molecule has 18 heavy (non-hydrogen) atoms. The minimum atomic E-state index is 0.429. The van der Waals surface area contributed by atoms with E-state index in [9.17, 15) is 0 Å². The molecular weight excluding hydrogens is 226 g/mol. The minimum absolute atomic E-state index is 0.429. The van der Waals surface area contributed by atoms with E-state index >= 15 is 0 Å². The van der Waals surface area contributed by atoms with Crippen molar-refractivity contribution in [1.29, 1.82) is 0 Å². The Morgan fingerprint density at radius 2 is 2.22 bits per heavy atom. The van der Waals surface area contributed by atoms with Gasteiger partial charge < -0.3 is 10.1 Å². The Hall–Kier alpha value is -0.160. The number of ether oxygens (including phenoxy) is 1. The molecule has 3 rings (SSSR count). The van der Waals surface area contributed by atoms with E-state index in [4.69, 9.17) is 4.74 Å². The highest BCUT2D eigenvalue weighted by molar-refractivity contribution is 4.93. The number of nitrogens with zero attached hydrogens (tertiary/aromatic N) is 2. The van der Waals surface area contributed by atoms with Crippen molar-refractivity contribution in [2.45, 2.75) is 50.4 Å². The van der Waals surface area contributed by atoms with Gasteiger partial charge in [0, 0.05) is 51.4 Å². The molecule has 1 N–H and O–H groups in total. The van der Waals surface area contributed by atoms with E-state index in [1.807, 2.05) is 7.11 Å². The lowest BCUT2D eigenvalue weighted by Gasteiger charge is -2.43. The fourth-order valence-corrected chi connectivity index (χ4v) is 3.89. The van der Waals surface area contributed by atoms with Gasteiger partial charge in [-0.15, -0.1) is 0 Å². The Kier molecular flexibility index (Phi) is 3.89. The van der Waals surface area contributed by atoms with Crippen LogP contribution >= 0.6 is 0 Å². The Morgan fingerprint density at radius 3 is 3.00 bits per heavy atom. The van der Waals surface area contributed by atoms with E-state index in [0.717, 1.165) is 12.6 Å². The molecular formula is C14H27N3O. The standard InChI is InChI=1S/C14H27N3O/c1-11-8-16-5-3-4-13(16)10-17(11)9-12-6-14(18-2)7-15-12/h11-15H,3-10H2,1-2H3. The summed E-state index contributed by atoms with van der Waals surface area (Å²) in [6.07, 6.45) is 4.41. The third kappa shape index (κ3) is 2.57. The van der Waals surface area contributed by atoms with Crippen LogP contribution in [0.3, 0.4) is 0 Å². The summed E-state index contributed by atoms with van der Waals surface area (Å²) in [5, 5.41) is 3.60. The molecule has 0 amide bonds. The molecule has 0 radical (unpaired) electrons. The van der Waals surface area contributed by atoms with Gasteiger partial charge in [0.05, 0.1) is 6.10 Å². The van der Waals surface area contributed by atoms with Crippen LogP contribution in [0.15, 0.2) is 0 Å². The summed E-state index contributed by atoms with van der Waals surface area (Å²) < 4.78 is 5.44. The molecule has 3 saturated heterocycles. The first-order chi connectivity index (χ1) is 8.76. The summed E-state index contributed by atoms with van der Waals surface area (Å²) in [6, 6.07) is 2.17. The van der Waals surface area contributed by atoms with Gasteiger partial charge in [-0.1, -0.05) is 0 Å². The molecule has 3 aliphatic rings. The normalized spacial score (nSPS) is 42.3. The van der Waals surface area contributed by atoms with Gasteiger partial charge in [-0.3, -0.25) is 9.80 Å². The highest BCUT2D eigenvalue weighted by atomic mass is 16.5. The maximum Gasteiger partial charge on any atom is 0.0711 e. The molecule has 0 spiro atoms.